The van der Waals surface area contributed by atoms with Gasteiger partial charge in [0, 0.05) is 12.0 Å². The first-order chi connectivity index (χ1) is 10.7. The summed E-state index contributed by atoms with van der Waals surface area (Å²) in [4.78, 5) is 11.2. The van der Waals surface area contributed by atoms with Crippen LogP contribution in [0.3, 0.4) is 0 Å². The summed E-state index contributed by atoms with van der Waals surface area (Å²) < 4.78 is 36.3. The molecule has 134 valence electrons. The van der Waals surface area contributed by atoms with Crippen LogP contribution in [0.25, 0.3) is 0 Å². The zero-order valence-corrected chi connectivity index (χ0v) is 16.0. The van der Waals surface area contributed by atoms with Crippen molar-refractivity contribution in [3.05, 3.63) is 26.5 Å². The molecule has 0 bridgehead atoms. The molecular weight excluding hydrogens is 403 g/mol. The van der Waals surface area contributed by atoms with Crippen LogP contribution < -0.4 is 4.31 Å². The Bertz CT molecular complexity index is 846. The minimum atomic E-state index is -4.26. The summed E-state index contributed by atoms with van der Waals surface area (Å²) in [7, 11) is -2.97. The lowest BCUT2D eigenvalue weighted by Crippen LogP contribution is -2.33. The lowest BCUT2D eigenvalue weighted by molar-refractivity contribution is 0.0698. The molecule has 0 fully saturated rings. The number of halogens is 2. The molecule has 0 aliphatic rings. The molecule has 0 aromatic carbocycles. The standard InChI is InChI=1S/C12H13ClN2O6S2.ClH/c1-6-4-8(10(22-6)12(16)17)23(18,19)15(5-20-3)11-9(13)7(2)14-21-11;/h4H,5H2,1-3H3,(H,16,17);1H. The first-order valence-corrected chi connectivity index (χ1v) is 8.80. The van der Waals surface area contributed by atoms with Crippen molar-refractivity contribution in [1.82, 2.24) is 5.16 Å². The number of ether oxygens (including phenoxy) is 1. The number of aromatic carboxylic acids is 1. The zero-order chi connectivity index (χ0) is 17.4. The van der Waals surface area contributed by atoms with Gasteiger partial charge >= 0.3 is 5.97 Å². The number of thiophene rings is 1. The summed E-state index contributed by atoms with van der Waals surface area (Å²) in [6, 6.07) is 1.28. The van der Waals surface area contributed by atoms with Gasteiger partial charge in [0.1, 0.15) is 27.2 Å². The topological polar surface area (TPSA) is 110 Å². The third kappa shape index (κ3) is 3.67. The van der Waals surface area contributed by atoms with Crippen molar-refractivity contribution in [2.45, 2.75) is 18.7 Å². The number of aromatic nitrogens is 1. The van der Waals surface area contributed by atoms with Crippen molar-refractivity contribution >= 4 is 57.2 Å². The quantitative estimate of drug-likeness (QED) is 0.720. The van der Waals surface area contributed by atoms with Crippen molar-refractivity contribution in [3.63, 3.8) is 0 Å². The number of hydrogen-bond donors (Lipinski definition) is 1. The normalized spacial score (nSPS) is 11.2. The molecule has 0 amide bonds. The Labute approximate surface area is 153 Å². The number of hydrogen-bond acceptors (Lipinski definition) is 7. The Balaban J connectivity index is 0.00000288. The molecule has 0 saturated heterocycles. The number of carbonyl (C=O) groups is 1. The van der Waals surface area contributed by atoms with Crippen LogP contribution in [0, 0.1) is 13.8 Å². The Morgan fingerprint density at radius 1 is 1.50 bits per heavy atom. The summed E-state index contributed by atoms with van der Waals surface area (Å²) in [6.07, 6.45) is 0. The van der Waals surface area contributed by atoms with Crippen LogP contribution in [0.2, 0.25) is 5.02 Å². The molecule has 8 nitrogen and oxygen atoms in total. The fourth-order valence-corrected chi connectivity index (χ4v) is 4.76. The highest BCUT2D eigenvalue weighted by atomic mass is 35.5. The fourth-order valence-electron chi connectivity index (χ4n) is 1.81. The molecular formula is C12H14Cl2N2O6S2. The third-order valence-electron chi connectivity index (χ3n) is 2.83. The average Bonchev–Trinajstić information content (AvgIpc) is 3.01. The second-order valence-electron chi connectivity index (χ2n) is 4.51. The van der Waals surface area contributed by atoms with Gasteiger partial charge in [0.2, 0.25) is 0 Å². The SMILES string of the molecule is COCN(c1onc(C)c1Cl)S(=O)(=O)c1cc(C)sc1C(=O)O.Cl. The van der Waals surface area contributed by atoms with E-state index in [4.69, 9.17) is 20.9 Å². The van der Waals surface area contributed by atoms with Gasteiger partial charge < -0.3 is 14.4 Å². The number of sulfonamides is 1. The van der Waals surface area contributed by atoms with Crippen molar-refractivity contribution in [2.75, 3.05) is 18.1 Å². The van der Waals surface area contributed by atoms with E-state index < -0.39 is 22.7 Å². The number of methoxy groups -OCH3 is 1. The Morgan fingerprint density at radius 3 is 2.58 bits per heavy atom. The Hall–Kier alpha value is -1.33. The molecule has 0 aliphatic heterocycles. The minimum absolute atomic E-state index is 0. The van der Waals surface area contributed by atoms with Gasteiger partial charge in [-0.1, -0.05) is 16.8 Å². The number of nitrogens with zero attached hydrogens (tertiary/aromatic N) is 2. The van der Waals surface area contributed by atoms with Crippen molar-refractivity contribution < 1.29 is 27.6 Å². The summed E-state index contributed by atoms with van der Waals surface area (Å²) in [6.45, 7) is 2.75. The second kappa shape index (κ2) is 7.70. The summed E-state index contributed by atoms with van der Waals surface area (Å²) in [5.74, 6) is -1.56. The molecule has 1 N–H and O–H groups in total. The molecule has 0 aliphatic carbocycles. The first kappa shape index (κ1) is 20.7. The molecule has 0 atom stereocenters. The van der Waals surface area contributed by atoms with E-state index in [0.717, 1.165) is 15.6 Å². The minimum Gasteiger partial charge on any atom is -0.477 e. The second-order valence-corrected chi connectivity index (χ2v) is 7.98. The van der Waals surface area contributed by atoms with E-state index in [2.05, 4.69) is 5.16 Å². The molecule has 24 heavy (non-hydrogen) atoms. The Kier molecular flexibility index (Phi) is 6.65. The van der Waals surface area contributed by atoms with Crippen LogP contribution in [0.5, 0.6) is 0 Å². The van der Waals surface area contributed by atoms with Gasteiger partial charge in [-0.3, -0.25) is 0 Å². The number of aryl methyl sites for hydroxylation is 2. The van der Waals surface area contributed by atoms with E-state index in [1.165, 1.54) is 13.2 Å². The highest BCUT2D eigenvalue weighted by Gasteiger charge is 2.35. The number of anilines is 1. The van der Waals surface area contributed by atoms with Crippen LogP contribution in [0.4, 0.5) is 5.88 Å². The number of carboxylic acid groups (broad SMARTS) is 1. The van der Waals surface area contributed by atoms with Crippen molar-refractivity contribution in [1.29, 1.82) is 0 Å². The fraction of sp³-hybridized carbons (Fsp3) is 0.333. The monoisotopic (exact) mass is 416 g/mol. The van der Waals surface area contributed by atoms with Crippen molar-refractivity contribution in [3.8, 4) is 0 Å². The van der Waals surface area contributed by atoms with Crippen LogP contribution in [0.15, 0.2) is 15.5 Å². The molecule has 2 rings (SSSR count). The van der Waals surface area contributed by atoms with E-state index in [9.17, 15) is 18.3 Å². The van der Waals surface area contributed by atoms with Crippen LogP contribution in [-0.2, 0) is 14.8 Å². The van der Waals surface area contributed by atoms with Crippen LogP contribution in [-0.4, -0.2) is 38.5 Å². The largest absolute Gasteiger partial charge is 0.477 e. The van der Waals surface area contributed by atoms with Crippen LogP contribution >= 0.6 is 35.3 Å². The van der Waals surface area contributed by atoms with Gasteiger partial charge in [-0.25, -0.2) is 17.5 Å². The lowest BCUT2D eigenvalue weighted by atomic mass is 10.4. The summed E-state index contributed by atoms with van der Waals surface area (Å²) in [5.41, 5.74) is 0.304. The van der Waals surface area contributed by atoms with E-state index in [0.29, 0.717) is 10.6 Å². The van der Waals surface area contributed by atoms with Crippen LogP contribution in [0.1, 0.15) is 20.2 Å². The van der Waals surface area contributed by atoms with Gasteiger partial charge in [-0.2, -0.15) is 0 Å². The molecule has 0 saturated carbocycles. The van der Waals surface area contributed by atoms with Gasteiger partial charge in [0.05, 0.1) is 0 Å². The van der Waals surface area contributed by atoms with E-state index >= 15 is 0 Å². The third-order valence-corrected chi connectivity index (χ3v) is 6.16. The van der Waals surface area contributed by atoms with Gasteiger partial charge in [-0.05, 0) is 19.9 Å². The highest BCUT2D eigenvalue weighted by molar-refractivity contribution is 7.93. The van der Waals surface area contributed by atoms with Gasteiger partial charge in [-0.15, -0.1) is 23.7 Å². The van der Waals surface area contributed by atoms with Crippen molar-refractivity contribution in [2.24, 2.45) is 0 Å². The Morgan fingerprint density at radius 2 is 2.12 bits per heavy atom. The molecule has 0 spiro atoms. The predicted molar refractivity (Wildman–Crippen MR) is 91.1 cm³/mol. The molecule has 2 aromatic heterocycles. The molecule has 0 unspecified atom stereocenters. The average molecular weight is 417 g/mol. The maximum atomic E-state index is 12.9. The molecule has 0 radical (unpaired) electrons. The zero-order valence-electron chi connectivity index (χ0n) is 12.8. The molecule has 2 aromatic rings. The maximum absolute atomic E-state index is 12.9. The van der Waals surface area contributed by atoms with Gasteiger partial charge in [0.25, 0.3) is 15.9 Å². The summed E-state index contributed by atoms with van der Waals surface area (Å²) in [5, 5.41) is 12.8. The molecule has 2 heterocycles. The number of carboxylic acids is 1. The van der Waals surface area contributed by atoms with Gasteiger partial charge in [0.15, 0.2) is 0 Å². The lowest BCUT2D eigenvalue weighted by Gasteiger charge is -2.20. The predicted octanol–water partition coefficient (Wildman–Crippen LogP) is 2.93. The maximum Gasteiger partial charge on any atom is 0.347 e. The number of rotatable bonds is 6. The molecule has 12 heteroatoms. The highest BCUT2D eigenvalue weighted by Crippen LogP contribution is 2.35. The van der Waals surface area contributed by atoms with E-state index in [1.807, 2.05) is 0 Å². The first-order valence-electron chi connectivity index (χ1n) is 6.17. The van der Waals surface area contributed by atoms with E-state index in [1.54, 1.807) is 13.8 Å². The van der Waals surface area contributed by atoms with E-state index in [-0.39, 0.29) is 33.1 Å². The smallest absolute Gasteiger partial charge is 0.347 e. The summed E-state index contributed by atoms with van der Waals surface area (Å²) >= 11 is 6.87.